The number of hydrogen-bond donors (Lipinski definition) is 1. The van der Waals surface area contributed by atoms with E-state index in [1.165, 1.54) is 43.2 Å². The van der Waals surface area contributed by atoms with Gasteiger partial charge in [-0.15, -0.1) is 12.4 Å². The number of halogens is 2. The number of nitrogens with zero attached hydrogens (tertiary/aromatic N) is 1. The average molecular weight is 493 g/mol. The Morgan fingerprint density at radius 2 is 2.03 bits per heavy atom. The van der Waals surface area contributed by atoms with Crippen LogP contribution in [0.4, 0.5) is 4.39 Å². The molecule has 2 bridgehead atoms. The number of thiocarbonyl (C=S) groups is 1. The van der Waals surface area contributed by atoms with Crippen LogP contribution >= 0.6 is 36.4 Å². The molecule has 4 nitrogen and oxygen atoms in total. The molecule has 3 unspecified atom stereocenters. The molecular formula is C24H26ClFN2O2S2. The van der Waals surface area contributed by atoms with Crippen molar-refractivity contribution >= 4 is 52.7 Å². The maximum absolute atomic E-state index is 13.3. The predicted molar refractivity (Wildman–Crippen MR) is 133 cm³/mol. The fraction of sp³-hybridized carbons (Fsp3) is 0.417. The zero-order chi connectivity index (χ0) is 21.5. The SMILES string of the molecule is Cl.NCCCc1cc(-c2ccc(F)cc2)oc1/C=C1\SC(=S)N(C2CC3CCC2C3)C1=O. The number of benzene rings is 1. The molecule has 1 aromatic heterocycles. The van der Waals surface area contributed by atoms with Gasteiger partial charge in [-0.2, -0.15) is 0 Å². The Labute approximate surface area is 203 Å². The van der Waals surface area contributed by atoms with Crippen LogP contribution in [0, 0.1) is 17.7 Å². The van der Waals surface area contributed by atoms with E-state index >= 15 is 0 Å². The molecule has 3 atom stereocenters. The van der Waals surface area contributed by atoms with Crippen LogP contribution in [0.15, 0.2) is 39.7 Å². The summed E-state index contributed by atoms with van der Waals surface area (Å²) in [5, 5.41) is 0. The van der Waals surface area contributed by atoms with Crippen LogP contribution in [0.25, 0.3) is 17.4 Å². The van der Waals surface area contributed by atoms with Crippen molar-refractivity contribution in [3.05, 3.63) is 52.4 Å². The van der Waals surface area contributed by atoms with Crippen molar-refractivity contribution in [1.82, 2.24) is 4.90 Å². The molecule has 2 N–H and O–H groups in total. The number of carbonyl (C=O) groups excluding carboxylic acids is 1. The summed E-state index contributed by atoms with van der Waals surface area (Å²) in [4.78, 5) is 15.7. The number of fused-ring (bicyclic) bond motifs is 2. The van der Waals surface area contributed by atoms with Crippen molar-refractivity contribution in [3.63, 3.8) is 0 Å². The summed E-state index contributed by atoms with van der Waals surface area (Å²) >= 11 is 6.97. The Morgan fingerprint density at radius 1 is 1.25 bits per heavy atom. The average Bonchev–Trinajstić information content (AvgIpc) is 3.52. The summed E-state index contributed by atoms with van der Waals surface area (Å²) < 4.78 is 20.1. The normalized spacial score (nSPS) is 25.8. The van der Waals surface area contributed by atoms with Crippen molar-refractivity contribution in [2.24, 2.45) is 17.6 Å². The van der Waals surface area contributed by atoms with E-state index in [-0.39, 0.29) is 30.2 Å². The number of furan rings is 1. The second-order valence-corrected chi connectivity index (χ2v) is 10.4. The van der Waals surface area contributed by atoms with Gasteiger partial charge in [-0.05, 0) is 86.4 Å². The molecule has 0 spiro atoms. The lowest BCUT2D eigenvalue weighted by atomic mass is 9.94. The number of rotatable bonds is 6. The molecule has 1 amide bonds. The minimum Gasteiger partial charge on any atom is -0.456 e. The first-order valence-corrected chi connectivity index (χ1v) is 12.1. The highest BCUT2D eigenvalue weighted by molar-refractivity contribution is 8.26. The highest BCUT2D eigenvalue weighted by atomic mass is 35.5. The number of nitrogens with two attached hydrogens (primary N) is 1. The van der Waals surface area contributed by atoms with Crippen LogP contribution in [0.2, 0.25) is 0 Å². The molecule has 2 aliphatic carbocycles. The topological polar surface area (TPSA) is 59.5 Å². The summed E-state index contributed by atoms with van der Waals surface area (Å²) in [7, 11) is 0. The van der Waals surface area contributed by atoms with E-state index in [9.17, 15) is 9.18 Å². The fourth-order valence-electron chi connectivity index (χ4n) is 5.22. The zero-order valence-corrected chi connectivity index (χ0v) is 20.0. The van der Waals surface area contributed by atoms with Gasteiger partial charge in [0.15, 0.2) is 0 Å². The monoisotopic (exact) mass is 492 g/mol. The molecule has 8 heteroatoms. The van der Waals surface area contributed by atoms with Crippen molar-refractivity contribution in [3.8, 4) is 11.3 Å². The third-order valence-electron chi connectivity index (χ3n) is 6.74. The second kappa shape index (κ2) is 9.67. The summed E-state index contributed by atoms with van der Waals surface area (Å²) in [5.74, 6) is 2.35. The summed E-state index contributed by atoms with van der Waals surface area (Å²) in [6.45, 7) is 0.572. The maximum atomic E-state index is 13.3. The van der Waals surface area contributed by atoms with Gasteiger partial charge in [0.2, 0.25) is 0 Å². The molecule has 170 valence electrons. The third kappa shape index (κ3) is 4.40. The molecular weight excluding hydrogens is 467 g/mol. The number of hydrogen-bond acceptors (Lipinski definition) is 5. The Kier molecular flexibility index (Phi) is 7.10. The molecule has 2 aromatic rings. The summed E-state index contributed by atoms with van der Waals surface area (Å²) in [5.41, 5.74) is 7.50. The van der Waals surface area contributed by atoms with Gasteiger partial charge in [0, 0.05) is 17.7 Å². The third-order valence-corrected chi connectivity index (χ3v) is 8.07. The lowest BCUT2D eigenvalue weighted by Gasteiger charge is -2.30. The lowest BCUT2D eigenvalue weighted by Crippen LogP contribution is -2.41. The summed E-state index contributed by atoms with van der Waals surface area (Å²) in [6.07, 6.45) is 8.17. The fourth-order valence-corrected chi connectivity index (χ4v) is 6.57. The molecule has 2 heterocycles. The minimum atomic E-state index is -0.289. The Morgan fingerprint density at radius 3 is 2.69 bits per heavy atom. The zero-order valence-electron chi connectivity index (χ0n) is 17.6. The van der Waals surface area contributed by atoms with E-state index in [4.69, 9.17) is 22.4 Å². The molecule has 5 rings (SSSR count). The smallest absolute Gasteiger partial charge is 0.266 e. The molecule has 1 aliphatic heterocycles. The quantitative estimate of drug-likeness (QED) is 0.408. The lowest BCUT2D eigenvalue weighted by molar-refractivity contribution is -0.124. The maximum Gasteiger partial charge on any atom is 0.266 e. The molecule has 0 radical (unpaired) electrons. The van der Waals surface area contributed by atoms with Crippen molar-refractivity contribution in [2.45, 2.75) is 44.6 Å². The van der Waals surface area contributed by atoms with Gasteiger partial charge in [0.1, 0.15) is 21.7 Å². The number of carbonyl (C=O) groups is 1. The van der Waals surface area contributed by atoms with Gasteiger partial charge in [-0.3, -0.25) is 9.69 Å². The standard InChI is InChI=1S/C24H25FN2O2S2.ClH/c25-18-7-5-15(6-8-18)20-12-17(2-1-9-26)21(29-20)13-22-23(28)27(24(30)31-22)19-11-14-3-4-16(19)10-14;/h5-8,12-14,16,19H,1-4,9-11,26H2;1H/b22-13-;. The van der Waals surface area contributed by atoms with E-state index in [1.807, 2.05) is 17.0 Å². The van der Waals surface area contributed by atoms with E-state index in [1.54, 1.807) is 12.1 Å². The first-order valence-electron chi connectivity index (χ1n) is 10.9. The molecule has 3 fully saturated rings. The van der Waals surface area contributed by atoms with E-state index in [0.29, 0.717) is 33.2 Å². The highest BCUT2D eigenvalue weighted by Crippen LogP contribution is 2.49. The van der Waals surface area contributed by atoms with Crippen molar-refractivity contribution < 1.29 is 13.6 Å². The minimum absolute atomic E-state index is 0. The Balaban J connectivity index is 0.00000245. The molecule has 1 saturated heterocycles. The van der Waals surface area contributed by atoms with Crippen LogP contribution in [0.1, 0.15) is 43.4 Å². The van der Waals surface area contributed by atoms with Crippen LogP contribution in [0.5, 0.6) is 0 Å². The van der Waals surface area contributed by atoms with Crippen molar-refractivity contribution in [2.75, 3.05) is 6.54 Å². The second-order valence-electron chi connectivity index (χ2n) is 8.69. The molecule has 2 saturated carbocycles. The first kappa shape index (κ1) is 23.5. The summed E-state index contributed by atoms with van der Waals surface area (Å²) in [6, 6.07) is 8.43. The van der Waals surface area contributed by atoms with Crippen LogP contribution < -0.4 is 5.73 Å². The highest BCUT2D eigenvalue weighted by Gasteiger charge is 2.48. The van der Waals surface area contributed by atoms with Crippen LogP contribution in [-0.2, 0) is 11.2 Å². The van der Waals surface area contributed by atoms with Gasteiger partial charge in [-0.25, -0.2) is 4.39 Å². The van der Waals surface area contributed by atoms with Crippen LogP contribution in [0.3, 0.4) is 0 Å². The van der Waals surface area contributed by atoms with E-state index < -0.39 is 0 Å². The van der Waals surface area contributed by atoms with Gasteiger partial charge < -0.3 is 10.2 Å². The first-order chi connectivity index (χ1) is 15.0. The largest absolute Gasteiger partial charge is 0.456 e. The van der Waals surface area contributed by atoms with E-state index in [0.717, 1.165) is 36.3 Å². The van der Waals surface area contributed by atoms with Crippen LogP contribution in [-0.4, -0.2) is 27.7 Å². The van der Waals surface area contributed by atoms with E-state index in [2.05, 4.69) is 0 Å². The predicted octanol–water partition coefficient (Wildman–Crippen LogP) is 5.79. The molecule has 32 heavy (non-hydrogen) atoms. The van der Waals surface area contributed by atoms with Gasteiger partial charge >= 0.3 is 0 Å². The van der Waals surface area contributed by atoms with Gasteiger partial charge in [0.25, 0.3) is 5.91 Å². The number of amides is 1. The molecule has 1 aromatic carbocycles. The number of aryl methyl sites for hydroxylation is 1. The number of thioether (sulfide) groups is 1. The Hall–Kier alpha value is -1.67. The van der Waals surface area contributed by atoms with Crippen molar-refractivity contribution in [1.29, 1.82) is 0 Å². The van der Waals surface area contributed by atoms with Gasteiger partial charge in [-0.1, -0.05) is 30.4 Å². The molecule has 3 aliphatic rings. The van der Waals surface area contributed by atoms with Gasteiger partial charge in [0.05, 0.1) is 4.91 Å². The Bertz CT molecular complexity index is 1050.